The fourth-order valence-electron chi connectivity index (χ4n) is 1.42. The van der Waals surface area contributed by atoms with Crippen LogP contribution in [0.3, 0.4) is 0 Å². The second-order valence-electron chi connectivity index (χ2n) is 3.14. The van der Waals surface area contributed by atoms with Gasteiger partial charge in [-0.3, -0.25) is 0 Å². The van der Waals surface area contributed by atoms with Gasteiger partial charge in [0, 0.05) is 17.8 Å². The Morgan fingerprint density at radius 1 is 1.42 bits per heavy atom. The summed E-state index contributed by atoms with van der Waals surface area (Å²) in [6, 6.07) is 6.42. The third-order valence-corrected chi connectivity index (χ3v) is 2.08. The van der Waals surface area contributed by atoms with Gasteiger partial charge in [-0.2, -0.15) is 0 Å². The van der Waals surface area contributed by atoms with Crippen molar-refractivity contribution < 1.29 is 4.74 Å². The van der Waals surface area contributed by atoms with Gasteiger partial charge < -0.3 is 10.1 Å². The second kappa shape index (κ2) is 3.15. The lowest BCUT2D eigenvalue weighted by Crippen LogP contribution is -2.04. The van der Waals surface area contributed by atoms with E-state index in [-0.39, 0.29) is 0 Å². The first-order valence-corrected chi connectivity index (χ1v) is 4.27. The molecule has 0 aromatic heterocycles. The van der Waals surface area contributed by atoms with Gasteiger partial charge in [-0.05, 0) is 18.6 Å². The van der Waals surface area contributed by atoms with E-state index in [0.717, 1.165) is 19.8 Å². The van der Waals surface area contributed by atoms with Gasteiger partial charge in [0.2, 0.25) is 0 Å². The minimum atomic E-state index is 0.739. The molecule has 0 saturated heterocycles. The molecule has 1 aliphatic rings. The van der Waals surface area contributed by atoms with E-state index in [9.17, 15) is 0 Å². The molecule has 0 radical (unpaired) electrons. The highest BCUT2D eigenvalue weighted by Gasteiger charge is 2.05. The van der Waals surface area contributed by atoms with Crippen LogP contribution in [0.4, 0.5) is 5.69 Å². The monoisotopic (exact) mass is 163 g/mol. The molecule has 1 N–H and O–H groups in total. The van der Waals surface area contributed by atoms with Crippen LogP contribution in [0.5, 0.6) is 0 Å². The minimum Gasteiger partial charge on any atom is -0.382 e. The highest BCUT2D eigenvalue weighted by molar-refractivity contribution is 5.53. The molecule has 2 nitrogen and oxygen atoms in total. The number of fused-ring (bicyclic) bond motifs is 1. The topological polar surface area (TPSA) is 21.3 Å². The molecule has 0 atom stereocenters. The number of rotatable bonds is 0. The molecule has 0 amide bonds. The molecule has 0 unspecified atom stereocenters. The molecule has 1 aromatic rings. The van der Waals surface area contributed by atoms with Crippen molar-refractivity contribution in [2.45, 2.75) is 13.5 Å². The molecular formula is C10H13NO. The summed E-state index contributed by atoms with van der Waals surface area (Å²) in [5, 5.41) is 3.34. The Morgan fingerprint density at radius 2 is 2.33 bits per heavy atom. The van der Waals surface area contributed by atoms with Crippen LogP contribution in [-0.2, 0) is 11.3 Å². The number of ether oxygens (including phenoxy) is 1. The van der Waals surface area contributed by atoms with E-state index in [1.807, 2.05) is 0 Å². The molecule has 2 rings (SSSR count). The highest BCUT2D eigenvalue weighted by atomic mass is 16.5. The van der Waals surface area contributed by atoms with Crippen LogP contribution in [0.25, 0.3) is 0 Å². The zero-order valence-electron chi connectivity index (χ0n) is 7.26. The van der Waals surface area contributed by atoms with Crippen molar-refractivity contribution >= 4 is 5.69 Å². The average Bonchev–Trinajstić information content (AvgIpc) is 2.28. The molecule has 1 aromatic carbocycles. The highest BCUT2D eigenvalue weighted by Crippen LogP contribution is 2.19. The third kappa shape index (κ3) is 1.43. The summed E-state index contributed by atoms with van der Waals surface area (Å²) in [5.74, 6) is 0. The molecule has 0 aliphatic carbocycles. The molecule has 64 valence electrons. The largest absolute Gasteiger partial charge is 0.382 e. The van der Waals surface area contributed by atoms with Gasteiger partial charge in [-0.1, -0.05) is 12.1 Å². The van der Waals surface area contributed by atoms with Crippen LogP contribution in [0.1, 0.15) is 11.1 Å². The number of hydrogen-bond donors (Lipinski definition) is 1. The van der Waals surface area contributed by atoms with E-state index in [4.69, 9.17) is 4.74 Å². The first kappa shape index (κ1) is 7.62. The number of nitrogens with one attached hydrogen (secondary N) is 1. The molecule has 1 heterocycles. The smallest absolute Gasteiger partial charge is 0.0737 e. The Kier molecular flexibility index (Phi) is 2.00. The summed E-state index contributed by atoms with van der Waals surface area (Å²) in [4.78, 5) is 0. The molecule has 0 fully saturated rings. The van der Waals surface area contributed by atoms with Crippen molar-refractivity contribution in [3.63, 3.8) is 0 Å². The number of hydrogen-bond acceptors (Lipinski definition) is 2. The molecule has 12 heavy (non-hydrogen) atoms. The lowest BCUT2D eigenvalue weighted by atomic mass is 10.1. The van der Waals surface area contributed by atoms with Crippen LogP contribution in [0.2, 0.25) is 0 Å². The van der Waals surface area contributed by atoms with Gasteiger partial charge in [0.1, 0.15) is 0 Å². The Balaban J connectivity index is 2.36. The van der Waals surface area contributed by atoms with Crippen molar-refractivity contribution in [2.75, 3.05) is 18.5 Å². The van der Waals surface area contributed by atoms with Crippen LogP contribution in [0.15, 0.2) is 18.2 Å². The molecular weight excluding hydrogens is 150 g/mol. The maximum Gasteiger partial charge on any atom is 0.0737 e. The lowest BCUT2D eigenvalue weighted by molar-refractivity contribution is 0.134. The molecule has 1 aliphatic heterocycles. The van der Waals surface area contributed by atoms with Gasteiger partial charge in [0.05, 0.1) is 13.2 Å². The van der Waals surface area contributed by atoms with Crippen molar-refractivity contribution in [2.24, 2.45) is 0 Å². The van der Waals surface area contributed by atoms with Gasteiger partial charge in [-0.25, -0.2) is 0 Å². The fourth-order valence-corrected chi connectivity index (χ4v) is 1.42. The second-order valence-corrected chi connectivity index (χ2v) is 3.14. The number of benzene rings is 1. The van der Waals surface area contributed by atoms with Gasteiger partial charge in [0.25, 0.3) is 0 Å². The zero-order chi connectivity index (χ0) is 8.39. The van der Waals surface area contributed by atoms with Crippen LogP contribution < -0.4 is 5.32 Å². The van der Waals surface area contributed by atoms with Crippen LogP contribution in [-0.4, -0.2) is 13.2 Å². The van der Waals surface area contributed by atoms with Crippen molar-refractivity contribution in [1.29, 1.82) is 0 Å². The minimum absolute atomic E-state index is 0.739. The third-order valence-electron chi connectivity index (χ3n) is 2.08. The summed E-state index contributed by atoms with van der Waals surface area (Å²) >= 11 is 0. The van der Waals surface area contributed by atoms with Crippen molar-refractivity contribution in [3.8, 4) is 0 Å². The number of anilines is 1. The summed E-state index contributed by atoms with van der Waals surface area (Å²) in [5.41, 5.74) is 3.79. The number of aryl methyl sites for hydroxylation is 1. The summed E-state index contributed by atoms with van der Waals surface area (Å²) < 4.78 is 5.40. The van der Waals surface area contributed by atoms with E-state index in [0.29, 0.717) is 0 Å². The zero-order valence-corrected chi connectivity index (χ0v) is 7.26. The van der Waals surface area contributed by atoms with Crippen molar-refractivity contribution in [1.82, 2.24) is 0 Å². The maximum atomic E-state index is 5.40. The predicted octanol–water partition coefficient (Wildman–Crippen LogP) is 1.94. The molecule has 0 saturated carbocycles. The molecule has 2 heteroatoms. The lowest BCUT2D eigenvalue weighted by Gasteiger charge is -2.06. The van der Waals surface area contributed by atoms with Crippen molar-refractivity contribution in [3.05, 3.63) is 29.3 Å². The Labute approximate surface area is 72.5 Å². The van der Waals surface area contributed by atoms with E-state index in [2.05, 4.69) is 30.4 Å². The van der Waals surface area contributed by atoms with Gasteiger partial charge in [0.15, 0.2) is 0 Å². The van der Waals surface area contributed by atoms with E-state index < -0.39 is 0 Å². The van der Waals surface area contributed by atoms with E-state index in [1.54, 1.807) is 0 Å². The summed E-state index contributed by atoms with van der Waals surface area (Å²) in [7, 11) is 0. The van der Waals surface area contributed by atoms with E-state index in [1.165, 1.54) is 16.8 Å². The van der Waals surface area contributed by atoms with E-state index >= 15 is 0 Å². The van der Waals surface area contributed by atoms with Crippen LogP contribution in [0, 0.1) is 6.92 Å². The Morgan fingerprint density at radius 3 is 3.25 bits per heavy atom. The average molecular weight is 163 g/mol. The summed E-state index contributed by atoms with van der Waals surface area (Å²) in [6.45, 7) is 4.56. The standard InChI is InChI=1S/C10H13NO/c1-8-2-3-9-7-12-5-4-11-10(9)6-8/h2-3,6,11H,4-5,7H2,1H3. The normalized spacial score (nSPS) is 16.1. The van der Waals surface area contributed by atoms with Gasteiger partial charge in [-0.15, -0.1) is 0 Å². The fraction of sp³-hybridized carbons (Fsp3) is 0.400. The maximum absolute atomic E-state index is 5.40. The quantitative estimate of drug-likeness (QED) is 0.631. The Bertz CT molecular complexity index is 283. The molecule has 0 spiro atoms. The predicted molar refractivity (Wildman–Crippen MR) is 49.3 cm³/mol. The first-order valence-electron chi connectivity index (χ1n) is 4.27. The first-order chi connectivity index (χ1) is 5.86. The van der Waals surface area contributed by atoms with Crippen LogP contribution >= 0.6 is 0 Å². The SMILES string of the molecule is Cc1ccc2c(c1)NCCOC2. The van der Waals surface area contributed by atoms with Gasteiger partial charge >= 0.3 is 0 Å². The molecule has 0 bridgehead atoms. The Hall–Kier alpha value is -1.02. The summed E-state index contributed by atoms with van der Waals surface area (Å²) in [6.07, 6.45) is 0.